The lowest BCUT2D eigenvalue weighted by atomic mass is 10.1. The van der Waals surface area contributed by atoms with E-state index in [1.807, 2.05) is 0 Å². The second kappa shape index (κ2) is 10.6. The molecule has 0 aliphatic heterocycles. The number of benzene rings is 1. The van der Waals surface area contributed by atoms with Crippen molar-refractivity contribution in [3.63, 3.8) is 0 Å². The summed E-state index contributed by atoms with van der Waals surface area (Å²) in [4.78, 5) is 15.7. The van der Waals surface area contributed by atoms with Crippen LogP contribution in [0, 0.1) is 0 Å². The summed E-state index contributed by atoms with van der Waals surface area (Å²) < 4.78 is 4.98. The maximum Gasteiger partial charge on any atom is 0.414 e. The van der Waals surface area contributed by atoms with Crippen LogP contribution in [0.4, 0.5) is 16.6 Å². The number of rotatable bonds is 8. The van der Waals surface area contributed by atoms with E-state index in [2.05, 4.69) is 20.5 Å². The average molecular weight is 436 g/mol. The average Bonchev–Trinajstić information content (AvgIpc) is 2.61. The van der Waals surface area contributed by atoms with Crippen LogP contribution in [0.3, 0.4) is 0 Å². The maximum absolute atomic E-state index is 11.7. The molecule has 2 rings (SSSR count). The lowest BCUT2D eigenvalue weighted by molar-refractivity contribution is 0.169. The lowest BCUT2D eigenvalue weighted by Crippen LogP contribution is -2.18. The number of nitrogens with two attached hydrogens (primary N) is 1. The van der Waals surface area contributed by atoms with Crippen molar-refractivity contribution in [3.8, 4) is 11.3 Å². The lowest BCUT2D eigenvalue weighted by Gasteiger charge is -2.09. The van der Waals surface area contributed by atoms with Crippen LogP contribution in [0.25, 0.3) is 11.3 Å². The number of aliphatic hydroxyl groups is 1. The molecule has 0 saturated carbocycles. The zero-order valence-corrected chi connectivity index (χ0v) is 16.5. The van der Waals surface area contributed by atoms with Crippen molar-refractivity contribution in [2.45, 2.75) is 0 Å². The number of aliphatic hydroxyl groups excluding tert-OH is 1. The second-order valence-electron chi connectivity index (χ2n) is 4.60. The molecule has 0 spiro atoms. The van der Waals surface area contributed by atoms with E-state index in [9.17, 15) is 4.79 Å². The Morgan fingerprint density at radius 1 is 1.27 bits per heavy atom. The summed E-state index contributed by atoms with van der Waals surface area (Å²) in [5, 5.41) is 19.4. The van der Waals surface area contributed by atoms with E-state index in [-0.39, 0.29) is 35.7 Å². The van der Waals surface area contributed by atoms with E-state index >= 15 is 0 Å². The van der Waals surface area contributed by atoms with E-state index in [1.165, 1.54) is 21.6 Å². The third-order valence-corrected chi connectivity index (χ3v) is 5.96. The molecular formula is C14H15Cl2N5O3S2. The molecule has 4 N–H and O–H groups in total. The Morgan fingerprint density at radius 3 is 2.77 bits per heavy atom. The normalized spacial score (nSPS) is 10.6. The van der Waals surface area contributed by atoms with E-state index in [4.69, 9.17) is 38.8 Å². The summed E-state index contributed by atoms with van der Waals surface area (Å²) in [5.41, 5.74) is 6.63. The monoisotopic (exact) mass is 435 g/mol. The zero-order valence-electron chi connectivity index (χ0n) is 13.3. The fourth-order valence-electron chi connectivity index (χ4n) is 1.72. The molecule has 0 unspecified atom stereocenters. The van der Waals surface area contributed by atoms with Gasteiger partial charge in [0.15, 0.2) is 5.82 Å². The largest absolute Gasteiger partial charge is 0.448 e. The Kier molecular flexibility index (Phi) is 8.52. The van der Waals surface area contributed by atoms with Crippen LogP contribution < -0.4 is 11.1 Å². The van der Waals surface area contributed by atoms with Gasteiger partial charge in [-0.3, -0.25) is 5.32 Å². The molecule has 0 saturated heterocycles. The standard InChI is InChI=1S/C14H15Cl2N5O3S2/c15-9-3-1-2-8(10(9)16)11-12(17)18-13(21-20-11)19-14(23)24-5-7-26-25-6-4-22/h1-3,22H,4-7H2,(H3,17,18,19,21,23). The first-order valence-electron chi connectivity index (χ1n) is 7.26. The molecule has 0 atom stereocenters. The van der Waals surface area contributed by atoms with Crippen molar-refractivity contribution in [1.82, 2.24) is 15.2 Å². The van der Waals surface area contributed by atoms with Crippen LogP contribution in [0.2, 0.25) is 10.0 Å². The van der Waals surface area contributed by atoms with Gasteiger partial charge in [0.25, 0.3) is 5.95 Å². The van der Waals surface area contributed by atoms with Gasteiger partial charge in [-0.05, 0) is 6.07 Å². The third-order valence-electron chi connectivity index (χ3n) is 2.79. The summed E-state index contributed by atoms with van der Waals surface area (Å²) >= 11 is 12.1. The van der Waals surface area contributed by atoms with Gasteiger partial charge >= 0.3 is 6.09 Å². The molecule has 0 fully saturated rings. The summed E-state index contributed by atoms with van der Waals surface area (Å²) in [6.07, 6.45) is -0.715. The van der Waals surface area contributed by atoms with Crippen LogP contribution >= 0.6 is 44.8 Å². The molecule has 0 bridgehead atoms. The number of nitrogen functional groups attached to an aromatic ring is 1. The minimum atomic E-state index is -0.715. The van der Waals surface area contributed by atoms with Gasteiger partial charge in [0.05, 0.1) is 16.7 Å². The van der Waals surface area contributed by atoms with Crippen molar-refractivity contribution in [2.75, 3.05) is 35.8 Å². The first kappa shape index (κ1) is 20.8. The Balaban J connectivity index is 1.93. The Labute approximate surface area is 167 Å². The van der Waals surface area contributed by atoms with Gasteiger partial charge in [0.1, 0.15) is 12.3 Å². The number of aromatic nitrogens is 3. The van der Waals surface area contributed by atoms with E-state index in [0.29, 0.717) is 22.1 Å². The molecule has 0 aliphatic rings. The molecule has 0 radical (unpaired) electrons. The number of hydrogen-bond donors (Lipinski definition) is 3. The van der Waals surface area contributed by atoms with Gasteiger partial charge in [-0.25, -0.2) is 4.79 Å². The summed E-state index contributed by atoms with van der Waals surface area (Å²) in [7, 11) is 2.99. The van der Waals surface area contributed by atoms with E-state index in [0.717, 1.165) is 0 Å². The Hall–Kier alpha value is -1.46. The fraction of sp³-hybridized carbons (Fsp3) is 0.286. The Bertz CT molecular complexity index is 769. The van der Waals surface area contributed by atoms with Crippen molar-refractivity contribution in [1.29, 1.82) is 0 Å². The molecular weight excluding hydrogens is 421 g/mol. The van der Waals surface area contributed by atoms with Crippen LogP contribution in [-0.4, -0.2) is 51.1 Å². The second-order valence-corrected chi connectivity index (χ2v) is 8.09. The van der Waals surface area contributed by atoms with Gasteiger partial charge in [0, 0.05) is 17.1 Å². The number of halogens is 2. The molecule has 26 heavy (non-hydrogen) atoms. The van der Waals surface area contributed by atoms with Crippen LogP contribution in [0.5, 0.6) is 0 Å². The number of carbonyl (C=O) groups excluding carboxylic acids is 1. The molecule has 1 heterocycles. The van der Waals surface area contributed by atoms with Crippen molar-refractivity contribution >= 4 is 62.6 Å². The molecule has 1 aromatic heterocycles. The molecule has 1 aromatic carbocycles. The smallest absolute Gasteiger partial charge is 0.414 e. The summed E-state index contributed by atoms with van der Waals surface area (Å²) in [6.45, 7) is 0.315. The highest BCUT2D eigenvalue weighted by molar-refractivity contribution is 8.76. The number of nitrogens with zero attached hydrogens (tertiary/aromatic N) is 3. The summed E-state index contributed by atoms with van der Waals surface area (Å²) in [5.74, 6) is 1.16. The highest BCUT2D eigenvalue weighted by atomic mass is 35.5. The SMILES string of the molecule is Nc1nc(NC(=O)OCCSSCCO)nnc1-c1cccc(Cl)c1Cl. The molecule has 2 aromatic rings. The van der Waals surface area contributed by atoms with Gasteiger partial charge in [-0.2, -0.15) is 4.98 Å². The molecule has 1 amide bonds. The van der Waals surface area contributed by atoms with Gasteiger partial charge < -0.3 is 15.6 Å². The van der Waals surface area contributed by atoms with E-state index in [1.54, 1.807) is 18.2 Å². The quantitative estimate of drug-likeness (QED) is 0.422. The van der Waals surface area contributed by atoms with Gasteiger partial charge in [-0.1, -0.05) is 56.9 Å². The van der Waals surface area contributed by atoms with Crippen LogP contribution in [0.15, 0.2) is 18.2 Å². The maximum atomic E-state index is 11.7. The first-order valence-corrected chi connectivity index (χ1v) is 10.5. The number of nitrogens with one attached hydrogen (secondary N) is 1. The van der Waals surface area contributed by atoms with Gasteiger partial charge in [0.2, 0.25) is 0 Å². The number of anilines is 2. The van der Waals surface area contributed by atoms with Crippen LogP contribution in [-0.2, 0) is 4.74 Å². The number of hydrogen-bond acceptors (Lipinski definition) is 9. The number of amides is 1. The van der Waals surface area contributed by atoms with Crippen molar-refractivity contribution < 1.29 is 14.6 Å². The predicted octanol–water partition coefficient (Wildman–Crippen LogP) is 3.35. The minimum absolute atomic E-state index is 0.0374. The van der Waals surface area contributed by atoms with E-state index < -0.39 is 6.09 Å². The zero-order chi connectivity index (χ0) is 18.9. The molecule has 8 nitrogen and oxygen atoms in total. The third kappa shape index (κ3) is 6.06. The Morgan fingerprint density at radius 2 is 2.04 bits per heavy atom. The topological polar surface area (TPSA) is 123 Å². The number of carbonyl (C=O) groups is 1. The molecule has 12 heteroatoms. The predicted molar refractivity (Wildman–Crippen MR) is 107 cm³/mol. The van der Waals surface area contributed by atoms with Crippen LogP contribution in [0.1, 0.15) is 0 Å². The molecule has 0 aliphatic carbocycles. The highest BCUT2D eigenvalue weighted by Crippen LogP contribution is 2.34. The highest BCUT2D eigenvalue weighted by Gasteiger charge is 2.15. The van der Waals surface area contributed by atoms with Gasteiger partial charge in [-0.15, -0.1) is 10.2 Å². The fourth-order valence-corrected chi connectivity index (χ4v) is 3.71. The van der Waals surface area contributed by atoms with Crippen molar-refractivity contribution in [3.05, 3.63) is 28.2 Å². The number of ether oxygens (including phenoxy) is 1. The first-order chi connectivity index (χ1) is 12.5. The van der Waals surface area contributed by atoms with Crippen molar-refractivity contribution in [2.24, 2.45) is 0 Å². The molecule has 140 valence electrons. The summed E-state index contributed by atoms with van der Waals surface area (Å²) in [6, 6.07) is 5.02. The minimum Gasteiger partial charge on any atom is -0.448 e.